The largest absolute Gasteiger partial charge is 0.434 e. The number of carbonyl (C=O) groups excluding carboxylic acids is 1. The van der Waals surface area contributed by atoms with Crippen LogP contribution in [-0.4, -0.2) is 39.9 Å². The highest BCUT2D eigenvalue weighted by molar-refractivity contribution is 6.06. The van der Waals surface area contributed by atoms with E-state index in [1.165, 1.54) is 37.1 Å². The van der Waals surface area contributed by atoms with E-state index in [9.17, 15) is 18.0 Å². The molecule has 0 radical (unpaired) electrons. The molecule has 1 fully saturated rings. The van der Waals surface area contributed by atoms with Crippen molar-refractivity contribution in [1.29, 1.82) is 0 Å². The summed E-state index contributed by atoms with van der Waals surface area (Å²) in [5.74, 6) is -0.833. The van der Waals surface area contributed by atoms with E-state index in [-0.39, 0.29) is 5.65 Å². The van der Waals surface area contributed by atoms with Gasteiger partial charge >= 0.3 is 6.18 Å². The van der Waals surface area contributed by atoms with Crippen LogP contribution in [0.2, 0.25) is 0 Å². The van der Waals surface area contributed by atoms with Gasteiger partial charge < -0.3 is 5.32 Å². The lowest BCUT2D eigenvalue weighted by Crippen LogP contribution is -2.41. The van der Waals surface area contributed by atoms with Gasteiger partial charge in [0.15, 0.2) is 11.3 Å². The van der Waals surface area contributed by atoms with Crippen LogP contribution >= 0.6 is 0 Å². The summed E-state index contributed by atoms with van der Waals surface area (Å²) in [5.41, 5.74) is 1.08. The van der Waals surface area contributed by atoms with E-state index in [1.54, 1.807) is 18.2 Å². The molecule has 2 aliphatic rings. The number of nitrogens with zero attached hydrogens (tertiary/aromatic N) is 3. The molecule has 5 rings (SSSR count). The number of alkyl halides is 3. The number of anilines is 1. The van der Waals surface area contributed by atoms with Crippen molar-refractivity contribution in [2.24, 2.45) is 0 Å². The van der Waals surface area contributed by atoms with Gasteiger partial charge in [-0.05, 0) is 67.1 Å². The predicted molar refractivity (Wildman–Crippen MR) is 116 cm³/mol. The van der Waals surface area contributed by atoms with Gasteiger partial charge in [0.2, 0.25) is 0 Å². The lowest BCUT2D eigenvalue weighted by Gasteiger charge is -2.36. The molecule has 1 amide bonds. The number of amides is 1. The Morgan fingerprint density at radius 3 is 2.56 bits per heavy atom. The summed E-state index contributed by atoms with van der Waals surface area (Å²) in [5, 5.41) is 3.03. The topological polar surface area (TPSA) is 58.1 Å². The van der Waals surface area contributed by atoms with Crippen molar-refractivity contribution in [3.05, 3.63) is 65.0 Å². The van der Waals surface area contributed by atoms with Gasteiger partial charge in [-0.15, -0.1) is 0 Å². The van der Waals surface area contributed by atoms with Crippen molar-refractivity contribution in [2.75, 3.05) is 18.4 Å². The third-order valence-electron chi connectivity index (χ3n) is 6.49. The summed E-state index contributed by atoms with van der Waals surface area (Å²) < 4.78 is 40.8. The summed E-state index contributed by atoms with van der Waals surface area (Å²) in [7, 11) is 0. The maximum Gasteiger partial charge on any atom is 0.434 e. The van der Waals surface area contributed by atoms with Crippen LogP contribution in [0.15, 0.2) is 42.6 Å². The molecule has 1 aliphatic heterocycles. The molecule has 5 nitrogen and oxygen atoms in total. The molecular weight excluding hydrogens is 417 g/mol. The zero-order chi connectivity index (χ0) is 22.3. The monoisotopic (exact) mass is 440 g/mol. The molecule has 1 aliphatic carbocycles. The minimum Gasteiger partial charge on any atom is -0.322 e. The van der Waals surface area contributed by atoms with Crippen molar-refractivity contribution in [1.82, 2.24) is 14.9 Å². The van der Waals surface area contributed by atoms with Crippen LogP contribution in [0.1, 0.15) is 46.4 Å². The maximum absolute atomic E-state index is 13.6. The zero-order valence-corrected chi connectivity index (χ0v) is 17.5. The average Bonchev–Trinajstić information content (AvgIpc) is 2.93. The van der Waals surface area contributed by atoms with Gasteiger partial charge in [0.25, 0.3) is 5.91 Å². The molecule has 166 valence electrons. The Morgan fingerprint density at radius 2 is 1.84 bits per heavy atom. The van der Waals surface area contributed by atoms with Crippen LogP contribution in [-0.2, 0) is 19.0 Å². The minimum absolute atomic E-state index is 0.0441. The number of carbonyl (C=O) groups is 1. The summed E-state index contributed by atoms with van der Waals surface area (Å²) >= 11 is 0. The second-order valence-electron chi connectivity index (χ2n) is 8.49. The second-order valence-corrected chi connectivity index (χ2v) is 8.49. The molecule has 3 aromatic rings. The van der Waals surface area contributed by atoms with Crippen molar-refractivity contribution in [3.8, 4) is 0 Å². The molecule has 1 N–H and O–H groups in total. The van der Waals surface area contributed by atoms with E-state index in [2.05, 4.69) is 20.2 Å². The number of rotatable bonds is 3. The fourth-order valence-corrected chi connectivity index (χ4v) is 4.53. The molecule has 1 aromatic carbocycles. The Kier molecular flexibility index (Phi) is 5.33. The van der Waals surface area contributed by atoms with Gasteiger partial charge in [-0.2, -0.15) is 13.2 Å². The number of halogens is 3. The fraction of sp³-hybridized carbons (Fsp3) is 0.375. The second kappa shape index (κ2) is 8.16. The lowest BCUT2D eigenvalue weighted by atomic mass is 9.91. The molecule has 8 heteroatoms. The minimum atomic E-state index is -4.77. The Balaban J connectivity index is 1.40. The fourth-order valence-electron chi connectivity index (χ4n) is 4.53. The highest BCUT2D eigenvalue weighted by atomic mass is 19.4. The van der Waals surface area contributed by atoms with Crippen LogP contribution in [0.3, 0.4) is 0 Å². The molecule has 0 saturated heterocycles. The summed E-state index contributed by atoms with van der Waals surface area (Å²) in [4.78, 5) is 22.9. The number of pyridine rings is 2. The van der Waals surface area contributed by atoms with Crippen LogP contribution in [0, 0.1) is 0 Å². The lowest BCUT2D eigenvalue weighted by molar-refractivity contribution is -0.141. The van der Waals surface area contributed by atoms with Crippen LogP contribution in [0.5, 0.6) is 0 Å². The smallest absolute Gasteiger partial charge is 0.322 e. The van der Waals surface area contributed by atoms with Gasteiger partial charge in [0.05, 0.1) is 5.56 Å². The molecule has 0 bridgehead atoms. The molecule has 1 saturated carbocycles. The Hall–Kier alpha value is -3.00. The van der Waals surface area contributed by atoms with Gasteiger partial charge in [-0.1, -0.05) is 12.5 Å². The molecule has 0 atom stereocenters. The summed E-state index contributed by atoms with van der Waals surface area (Å²) in [6.45, 7) is 1.99. The molecule has 0 spiro atoms. The first-order valence-corrected chi connectivity index (χ1v) is 10.9. The van der Waals surface area contributed by atoms with Crippen LogP contribution < -0.4 is 5.32 Å². The van der Waals surface area contributed by atoms with Crippen molar-refractivity contribution in [3.63, 3.8) is 0 Å². The molecule has 32 heavy (non-hydrogen) atoms. The average molecular weight is 440 g/mol. The summed E-state index contributed by atoms with van der Waals surface area (Å²) in [6.07, 6.45) is 2.23. The zero-order valence-electron chi connectivity index (χ0n) is 17.5. The first kappa shape index (κ1) is 20.9. The van der Waals surface area contributed by atoms with Crippen molar-refractivity contribution < 1.29 is 18.0 Å². The highest BCUT2D eigenvalue weighted by Gasteiger charge is 2.38. The van der Waals surface area contributed by atoms with E-state index in [4.69, 9.17) is 0 Å². The molecule has 0 unspecified atom stereocenters. The van der Waals surface area contributed by atoms with E-state index < -0.39 is 23.3 Å². The van der Waals surface area contributed by atoms with E-state index in [1.807, 2.05) is 12.1 Å². The van der Waals surface area contributed by atoms with Gasteiger partial charge in [-0.25, -0.2) is 9.97 Å². The first-order chi connectivity index (χ1) is 15.4. The third-order valence-corrected chi connectivity index (χ3v) is 6.49. The number of fused-ring (bicyclic) bond motifs is 2. The van der Waals surface area contributed by atoms with Crippen LogP contribution in [0.25, 0.3) is 11.0 Å². The standard InChI is InChI=1S/C24H23F3N4O/c25-24(26,27)21-20(14-17-3-2-10-28-22(17)30-21)23(32)29-18-7-6-15-8-11-31(19-4-1-5-19)12-9-16(15)13-18/h2-3,6-7,10,13-14,19H,1,4-5,8-9,11-12H2,(H,29,32). The van der Waals surface area contributed by atoms with Gasteiger partial charge in [0, 0.05) is 36.4 Å². The third kappa shape index (κ3) is 4.07. The highest BCUT2D eigenvalue weighted by Crippen LogP contribution is 2.33. The quantitative estimate of drug-likeness (QED) is 0.632. The number of hydrogen-bond acceptors (Lipinski definition) is 4. The number of aromatic nitrogens is 2. The predicted octanol–water partition coefficient (Wildman–Crippen LogP) is 4.85. The normalized spacial score (nSPS) is 17.5. The Bertz CT molecular complexity index is 1170. The molecule has 2 aromatic heterocycles. The molecule has 3 heterocycles. The van der Waals surface area contributed by atoms with Crippen molar-refractivity contribution in [2.45, 2.75) is 44.3 Å². The maximum atomic E-state index is 13.6. The first-order valence-electron chi connectivity index (χ1n) is 10.9. The SMILES string of the molecule is O=C(Nc1ccc2c(c1)CCN(C1CCC1)CC2)c1cc2cccnc2nc1C(F)(F)F. The van der Waals surface area contributed by atoms with Crippen molar-refractivity contribution >= 4 is 22.6 Å². The van der Waals surface area contributed by atoms with Gasteiger partial charge in [-0.3, -0.25) is 9.69 Å². The number of benzene rings is 1. The Morgan fingerprint density at radius 1 is 1.06 bits per heavy atom. The van der Waals surface area contributed by atoms with E-state index in [0.717, 1.165) is 31.5 Å². The van der Waals surface area contributed by atoms with Gasteiger partial charge in [0.1, 0.15) is 0 Å². The summed E-state index contributed by atoms with van der Waals surface area (Å²) in [6, 6.07) is 10.7. The molecular formula is C24H23F3N4O. The van der Waals surface area contributed by atoms with E-state index in [0.29, 0.717) is 17.1 Å². The number of nitrogens with one attached hydrogen (secondary N) is 1. The van der Waals surface area contributed by atoms with Crippen LogP contribution in [0.4, 0.5) is 18.9 Å². The number of hydrogen-bond donors (Lipinski definition) is 1. The Labute approximate surface area is 183 Å². The van der Waals surface area contributed by atoms with E-state index >= 15 is 0 Å².